The number of nitrogens with two attached hydrogens (primary N) is 1. The highest BCUT2D eigenvalue weighted by atomic mass is 35.5. The van der Waals surface area contributed by atoms with Crippen molar-refractivity contribution in [2.24, 2.45) is 5.73 Å². The van der Waals surface area contributed by atoms with Crippen LogP contribution in [-0.2, 0) is 12.3 Å². The molecule has 2 aromatic carbocycles. The molecule has 0 bridgehead atoms. The summed E-state index contributed by atoms with van der Waals surface area (Å²) in [5.74, 6) is 0.874. The van der Waals surface area contributed by atoms with Crippen molar-refractivity contribution in [2.75, 3.05) is 0 Å². The average Bonchev–Trinajstić information content (AvgIpc) is 2.41. The summed E-state index contributed by atoms with van der Waals surface area (Å²) in [4.78, 5) is 1.22. The molecule has 94 valence electrons. The van der Waals surface area contributed by atoms with Gasteiger partial charge in [-0.15, -0.1) is 11.8 Å². The highest BCUT2D eigenvalue weighted by Gasteiger charge is 2.01. The van der Waals surface area contributed by atoms with E-state index in [0.29, 0.717) is 16.6 Å². The molecular weight excluding hydrogens is 285 g/mol. The molecule has 2 aromatic rings. The Balaban J connectivity index is 1.99. The van der Waals surface area contributed by atoms with E-state index in [1.54, 1.807) is 11.8 Å². The van der Waals surface area contributed by atoms with Gasteiger partial charge in [-0.25, -0.2) is 0 Å². The minimum Gasteiger partial charge on any atom is -0.326 e. The highest BCUT2D eigenvalue weighted by molar-refractivity contribution is 7.98. The predicted octanol–water partition coefficient (Wildman–Crippen LogP) is 4.74. The van der Waals surface area contributed by atoms with Crippen LogP contribution in [0.1, 0.15) is 11.1 Å². The van der Waals surface area contributed by atoms with Crippen LogP contribution in [0.4, 0.5) is 0 Å². The number of benzene rings is 2. The third-order valence-corrected chi connectivity index (χ3v) is 4.37. The first kappa shape index (κ1) is 13.8. The fourth-order valence-corrected chi connectivity index (χ4v) is 2.68. The first-order chi connectivity index (χ1) is 8.69. The van der Waals surface area contributed by atoms with Crippen LogP contribution in [-0.4, -0.2) is 0 Å². The van der Waals surface area contributed by atoms with Gasteiger partial charge < -0.3 is 5.73 Å². The van der Waals surface area contributed by atoms with Gasteiger partial charge in [-0.1, -0.05) is 41.4 Å². The Hall–Kier alpha value is -0.670. The van der Waals surface area contributed by atoms with Crippen LogP contribution in [0.15, 0.2) is 47.4 Å². The van der Waals surface area contributed by atoms with Crippen molar-refractivity contribution in [3.05, 3.63) is 63.6 Å². The van der Waals surface area contributed by atoms with Crippen molar-refractivity contribution >= 4 is 35.0 Å². The molecule has 0 aromatic heterocycles. The van der Waals surface area contributed by atoms with Crippen molar-refractivity contribution in [3.63, 3.8) is 0 Å². The van der Waals surface area contributed by atoms with Gasteiger partial charge >= 0.3 is 0 Å². The molecule has 0 fully saturated rings. The van der Waals surface area contributed by atoms with Crippen molar-refractivity contribution < 1.29 is 0 Å². The Morgan fingerprint density at radius 3 is 2.17 bits per heavy atom. The zero-order valence-electron chi connectivity index (χ0n) is 9.70. The molecule has 18 heavy (non-hydrogen) atoms. The van der Waals surface area contributed by atoms with E-state index in [0.717, 1.165) is 16.9 Å². The van der Waals surface area contributed by atoms with Crippen LogP contribution in [0.25, 0.3) is 0 Å². The minimum atomic E-state index is 0.581. The largest absolute Gasteiger partial charge is 0.326 e. The van der Waals surface area contributed by atoms with E-state index in [9.17, 15) is 0 Å². The zero-order valence-corrected chi connectivity index (χ0v) is 12.0. The van der Waals surface area contributed by atoms with Gasteiger partial charge in [-0.3, -0.25) is 0 Å². The Bertz CT molecular complexity index is 526. The van der Waals surface area contributed by atoms with E-state index in [1.807, 2.05) is 18.2 Å². The lowest BCUT2D eigenvalue weighted by molar-refractivity contribution is 1.07. The smallest absolute Gasteiger partial charge is 0.0595 e. The molecule has 0 heterocycles. The van der Waals surface area contributed by atoms with E-state index in [1.165, 1.54) is 4.90 Å². The molecule has 0 aliphatic carbocycles. The average molecular weight is 298 g/mol. The summed E-state index contributed by atoms with van der Waals surface area (Å²) in [5, 5.41) is 1.20. The number of halogens is 2. The highest BCUT2D eigenvalue weighted by Crippen LogP contribution is 2.27. The van der Waals surface area contributed by atoms with Gasteiger partial charge in [0.2, 0.25) is 0 Å². The van der Waals surface area contributed by atoms with Crippen LogP contribution >= 0.6 is 35.0 Å². The fraction of sp³-hybridized carbons (Fsp3) is 0.143. The maximum Gasteiger partial charge on any atom is 0.0595 e. The van der Waals surface area contributed by atoms with E-state index < -0.39 is 0 Å². The molecule has 0 aliphatic rings. The van der Waals surface area contributed by atoms with Gasteiger partial charge in [0.05, 0.1) is 10.0 Å². The third kappa shape index (κ3) is 3.66. The molecule has 0 unspecified atom stereocenters. The van der Waals surface area contributed by atoms with Crippen molar-refractivity contribution in [3.8, 4) is 0 Å². The second-order valence-corrected chi connectivity index (χ2v) is 5.75. The summed E-state index contributed by atoms with van der Waals surface area (Å²) in [6.45, 7) is 0.581. The third-order valence-electron chi connectivity index (χ3n) is 2.55. The van der Waals surface area contributed by atoms with Crippen LogP contribution < -0.4 is 5.73 Å². The minimum absolute atomic E-state index is 0.581. The quantitative estimate of drug-likeness (QED) is 0.825. The molecule has 0 spiro atoms. The first-order valence-corrected chi connectivity index (χ1v) is 7.29. The van der Waals surface area contributed by atoms with Crippen LogP contribution in [0.5, 0.6) is 0 Å². The van der Waals surface area contributed by atoms with Crippen LogP contribution in [0, 0.1) is 0 Å². The summed E-state index contributed by atoms with van der Waals surface area (Å²) in [6.07, 6.45) is 0. The van der Waals surface area contributed by atoms with Crippen LogP contribution in [0.2, 0.25) is 10.0 Å². The molecule has 0 atom stereocenters. The number of hydrogen-bond donors (Lipinski definition) is 1. The maximum absolute atomic E-state index is 5.98. The van der Waals surface area contributed by atoms with Crippen molar-refractivity contribution in [1.29, 1.82) is 0 Å². The van der Waals surface area contributed by atoms with E-state index in [2.05, 4.69) is 24.3 Å². The van der Waals surface area contributed by atoms with Gasteiger partial charge in [0, 0.05) is 17.2 Å². The fourth-order valence-electron chi connectivity index (χ4n) is 1.52. The molecule has 0 saturated heterocycles. The van der Waals surface area contributed by atoms with Gasteiger partial charge in [0.1, 0.15) is 0 Å². The standard InChI is InChI=1S/C14H13Cl2NS/c15-13-6-3-11(7-14(13)16)9-18-12-4-1-10(8-17)2-5-12/h1-7H,8-9,17H2. The van der Waals surface area contributed by atoms with E-state index in [4.69, 9.17) is 28.9 Å². The topological polar surface area (TPSA) is 26.0 Å². The lowest BCUT2D eigenvalue weighted by Gasteiger charge is -2.04. The first-order valence-electron chi connectivity index (χ1n) is 5.55. The molecule has 2 rings (SSSR count). The normalized spacial score (nSPS) is 10.6. The Kier molecular flexibility index (Phi) is 4.95. The monoisotopic (exact) mass is 297 g/mol. The van der Waals surface area contributed by atoms with Gasteiger partial charge in [-0.2, -0.15) is 0 Å². The van der Waals surface area contributed by atoms with Gasteiger partial charge in [0.25, 0.3) is 0 Å². The van der Waals surface area contributed by atoms with Crippen molar-refractivity contribution in [1.82, 2.24) is 0 Å². The maximum atomic E-state index is 5.98. The molecule has 0 aliphatic heterocycles. The Morgan fingerprint density at radius 2 is 1.56 bits per heavy atom. The Labute approximate surface area is 121 Å². The van der Waals surface area contributed by atoms with Gasteiger partial charge in [0.15, 0.2) is 0 Å². The summed E-state index contributed by atoms with van der Waals surface area (Å²) in [7, 11) is 0. The lowest BCUT2D eigenvalue weighted by atomic mass is 10.2. The summed E-state index contributed by atoms with van der Waals surface area (Å²) >= 11 is 13.6. The van der Waals surface area contributed by atoms with Crippen molar-refractivity contribution in [2.45, 2.75) is 17.2 Å². The number of hydrogen-bond acceptors (Lipinski definition) is 2. The predicted molar refractivity (Wildman–Crippen MR) is 80.4 cm³/mol. The zero-order chi connectivity index (χ0) is 13.0. The van der Waals surface area contributed by atoms with Gasteiger partial charge in [-0.05, 0) is 35.4 Å². The second-order valence-electron chi connectivity index (χ2n) is 3.89. The SMILES string of the molecule is NCc1ccc(SCc2ccc(Cl)c(Cl)c2)cc1. The second kappa shape index (κ2) is 6.48. The lowest BCUT2D eigenvalue weighted by Crippen LogP contribution is -1.94. The van der Waals surface area contributed by atoms with E-state index in [-0.39, 0.29) is 0 Å². The summed E-state index contributed by atoms with van der Waals surface area (Å²) in [6, 6.07) is 14.0. The summed E-state index contributed by atoms with van der Waals surface area (Å²) < 4.78 is 0. The molecule has 4 heteroatoms. The molecule has 2 N–H and O–H groups in total. The van der Waals surface area contributed by atoms with E-state index >= 15 is 0 Å². The number of thioether (sulfide) groups is 1. The summed E-state index contributed by atoms with van der Waals surface area (Å²) in [5.41, 5.74) is 7.87. The molecule has 0 saturated carbocycles. The van der Waals surface area contributed by atoms with Crippen LogP contribution in [0.3, 0.4) is 0 Å². The number of rotatable bonds is 4. The Morgan fingerprint density at radius 1 is 0.889 bits per heavy atom. The molecular formula is C14H13Cl2NS. The molecule has 1 nitrogen and oxygen atoms in total. The molecule has 0 radical (unpaired) electrons. The molecule has 0 amide bonds.